The number of amides is 1. The first-order valence-corrected chi connectivity index (χ1v) is 11.3. The fourth-order valence-electron chi connectivity index (χ4n) is 4.33. The minimum absolute atomic E-state index is 0.0299. The van der Waals surface area contributed by atoms with Crippen molar-refractivity contribution in [1.29, 1.82) is 0 Å². The maximum atomic E-state index is 13.2. The first kappa shape index (κ1) is 21.8. The molecule has 1 saturated heterocycles. The Labute approximate surface area is 190 Å². The van der Waals surface area contributed by atoms with Gasteiger partial charge in [0.05, 0.1) is 5.92 Å². The molecule has 1 aliphatic heterocycles. The molecule has 0 aromatic heterocycles. The van der Waals surface area contributed by atoms with Gasteiger partial charge in [0.25, 0.3) is 0 Å². The van der Waals surface area contributed by atoms with Crippen LogP contribution in [-0.4, -0.2) is 22.6 Å². The Kier molecular flexibility index (Phi) is 6.65. The van der Waals surface area contributed by atoms with Crippen molar-refractivity contribution in [2.45, 2.75) is 32.7 Å². The highest BCUT2D eigenvalue weighted by molar-refractivity contribution is 6.04. The standard InChI is InChI=1S/C29H29NO2/c1-21(2)28(31)27-20-26(30(29(27)32)18-17-22-9-5-3-6-10-22)19-23-13-15-25(16-14-23)24-11-7-4-8-12-24/h3-18,21,26-27H,19-20H2,1-2H3/b18-17+/t26?,27-/m0/s1. The molecule has 2 atom stereocenters. The Morgan fingerprint density at radius 1 is 0.906 bits per heavy atom. The minimum atomic E-state index is -0.552. The van der Waals surface area contributed by atoms with Gasteiger partial charge < -0.3 is 4.90 Å². The van der Waals surface area contributed by atoms with Crippen molar-refractivity contribution in [2.24, 2.45) is 11.8 Å². The largest absolute Gasteiger partial charge is 0.315 e. The van der Waals surface area contributed by atoms with Crippen LogP contribution in [-0.2, 0) is 16.0 Å². The van der Waals surface area contributed by atoms with Gasteiger partial charge in [0, 0.05) is 18.2 Å². The predicted octanol–water partition coefficient (Wildman–Crippen LogP) is 6.01. The van der Waals surface area contributed by atoms with Gasteiger partial charge in [-0.05, 0) is 41.2 Å². The van der Waals surface area contributed by atoms with Crippen LogP contribution in [0, 0.1) is 11.8 Å². The highest BCUT2D eigenvalue weighted by Gasteiger charge is 2.42. The number of carbonyl (C=O) groups is 2. The summed E-state index contributed by atoms with van der Waals surface area (Å²) in [6.07, 6.45) is 5.09. The molecule has 3 nitrogen and oxygen atoms in total. The van der Waals surface area contributed by atoms with E-state index in [1.807, 2.05) is 74.7 Å². The van der Waals surface area contributed by atoms with Crippen LogP contribution in [0.15, 0.2) is 91.1 Å². The Bertz CT molecular complexity index is 1090. The first-order chi connectivity index (χ1) is 15.5. The van der Waals surface area contributed by atoms with E-state index in [1.165, 1.54) is 16.7 Å². The van der Waals surface area contributed by atoms with Gasteiger partial charge in [0.1, 0.15) is 5.78 Å². The number of carbonyl (C=O) groups excluding carboxylic acids is 2. The van der Waals surface area contributed by atoms with Crippen molar-refractivity contribution in [3.05, 3.63) is 102 Å². The maximum absolute atomic E-state index is 13.2. The number of Topliss-reactive ketones (excluding diaryl/α,β-unsaturated/α-hetero) is 1. The lowest BCUT2D eigenvalue weighted by Gasteiger charge is -2.21. The molecule has 1 heterocycles. The molecule has 162 valence electrons. The van der Waals surface area contributed by atoms with Crippen LogP contribution >= 0.6 is 0 Å². The van der Waals surface area contributed by atoms with E-state index in [0.717, 1.165) is 12.0 Å². The lowest BCUT2D eigenvalue weighted by atomic mass is 9.91. The SMILES string of the molecule is CC(C)C(=O)[C@@H]1CC(Cc2ccc(-c3ccccc3)cc2)N(/C=C/c2ccccc2)C1=O. The number of ketones is 1. The Balaban J connectivity index is 1.55. The fourth-order valence-corrected chi connectivity index (χ4v) is 4.33. The fraction of sp³-hybridized carbons (Fsp3) is 0.241. The third-order valence-electron chi connectivity index (χ3n) is 6.13. The molecule has 3 aromatic carbocycles. The molecule has 0 N–H and O–H groups in total. The van der Waals surface area contributed by atoms with Gasteiger partial charge in [0.15, 0.2) is 0 Å². The second-order valence-electron chi connectivity index (χ2n) is 8.74. The average molecular weight is 424 g/mol. The third-order valence-corrected chi connectivity index (χ3v) is 6.13. The number of benzene rings is 3. The second-order valence-corrected chi connectivity index (χ2v) is 8.74. The number of hydrogen-bond donors (Lipinski definition) is 0. The monoisotopic (exact) mass is 423 g/mol. The summed E-state index contributed by atoms with van der Waals surface area (Å²) in [7, 11) is 0. The van der Waals surface area contributed by atoms with Crippen molar-refractivity contribution in [1.82, 2.24) is 4.90 Å². The molecule has 1 fully saturated rings. The molecule has 0 saturated carbocycles. The average Bonchev–Trinajstić information content (AvgIpc) is 3.13. The summed E-state index contributed by atoms with van der Waals surface area (Å²) in [6, 6.07) is 28.7. The molecule has 0 spiro atoms. The molecular weight excluding hydrogens is 394 g/mol. The molecule has 3 heteroatoms. The smallest absolute Gasteiger partial charge is 0.237 e. The molecule has 0 bridgehead atoms. The number of rotatable bonds is 7. The molecule has 0 radical (unpaired) electrons. The van der Waals surface area contributed by atoms with E-state index in [4.69, 9.17) is 0 Å². The highest BCUT2D eigenvalue weighted by Crippen LogP contribution is 2.31. The van der Waals surface area contributed by atoms with Crippen molar-refractivity contribution in [3.8, 4) is 11.1 Å². The quantitative estimate of drug-likeness (QED) is 0.437. The summed E-state index contributed by atoms with van der Waals surface area (Å²) in [5.74, 6) is -0.742. The molecule has 32 heavy (non-hydrogen) atoms. The van der Waals surface area contributed by atoms with Gasteiger partial charge in [-0.15, -0.1) is 0 Å². The van der Waals surface area contributed by atoms with Crippen LogP contribution in [0.5, 0.6) is 0 Å². The van der Waals surface area contributed by atoms with E-state index in [9.17, 15) is 9.59 Å². The van der Waals surface area contributed by atoms with Crippen LogP contribution in [0.3, 0.4) is 0 Å². The van der Waals surface area contributed by atoms with Crippen molar-refractivity contribution < 1.29 is 9.59 Å². The van der Waals surface area contributed by atoms with Crippen LogP contribution in [0.1, 0.15) is 31.4 Å². The molecule has 0 aliphatic carbocycles. The van der Waals surface area contributed by atoms with Gasteiger partial charge >= 0.3 is 0 Å². The second kappa shape index (κ2) is 9.78. The normalized spacial score (nSPS) is 18.6. The lowest BCUT2D eigenvalue weighted by Crippen LogP contribution is -2.32. The van der Waals surface area contributed by atoms with Crippen molar-refractivity contribution >= 4 is 17.8 Å². The Hall–Kier alpha value is -3.46. The molecule has 4 rings (SSSR count). The van der Waals surface area contributed by atoms with E-state index >= 15 is 0 Å². The van der Waals surface area contributed by atoms with Crippen molar-refractivity contribution in [2.75, 3.05) is 0 Å². The molecule has 1 amide bonds. The van der Waals surface area contributed by atoms with E-state index in [1.54, 1.807) is 4.90 Å². The third kappa shape index (κ3) is 4.88. The van der Waals surface area contributed by atoms with E-state index < -0.39 is 5.92 Å². The summed E-state index contributed by atoms with van der Waals surface area (Å²) in [4.78, 5) is 27.7. The van der Waals surface area contributed by atoms with Crippen LogP contribution < -0.4 is 0 Å². The zero-order valence-electron chi connectivity index (χ0n) is 18.6. The number of nitrogens with zero attached hydrogens (tertiary/aromatic N) is 1. The van der Waals surface area contributed by atoms with E-state index in [-0.39, 0.29) is 23.7 Å². The summed E-state index contributed by atoms with van der Waals surface area (Å²) in [5, 5.41) is 0. The van der Waals surface area contributed by atoms with Gasteiger partial charge in [-0.2, -0.15) is 0 Å². The number of hydrogen-bond acceptors (Lipinski definition) is 2. The zero-order valence-corrected chi connectivity index (χ0v) is 18.6. The van der Waals surface area contributed by atoms with Crippen LogP contribution in [0.25, 0.3) is 17.2 Å². The van der Waals surface area contributed by atoms with Crippen LogP contribution in [0.4, 0.5) is 0 Å². The van der Waals surface area contributed by atoms with Crippen molar-refractivity contribution in [3.63, 3.8) is 0 Å². The summed E-state index contributed by atoms with van der Waals surface area (Å²) in [6.45, 7) is 3.74. The van der Waals surface area contributed by atoms with Gasteiger partial charge in [0.2, 0.25) is 5.91 Å². The zero-order chi connectivity index (χ0) is 22.5. The minimum Gasteiger partial charge on any atom is -0.315 e. The van der Waals surface area contributed by atoms with Gasteiger partial charge in [-0.3, -0.25) is 9.59 Å². The van der Waals surface area contributed by atoms with Crippen LogP contribution in [0.2, 0.25) is 0 Å². The van der Waals surface area contributed by atoms with Gasteiger partial charge in [-0.1, -0.05) is 98.8 Å². The molecule has 1 unspecified atom stereocenters. The summed E-state index contributed by atoms with van der Waals surface area (Å²) < 4.78 is 0. The summed E-state index contributed by atoms with van der Waals surface area (Å²) >= 11 is 0. The Morgan fingerprint density at radius 3 is 2.12 bits per heavy atom. The molecular formula is C29H29NO2. The first-order valence-electron chi connectivity index (χ1n) is 11.3. The lowest BCUT2D eigenvalue weighted by molar-refractivity contribution is -0.137. The van der Waals surface area contributed by atoms with E-state index in [2.05, 4.69) is 36.4 Å². The topological polar surface area (TPSA) is 37.4 Å². The maximum Gasteiger partial charge on any atom is 0.237 e. The predicted molar refractivity (Wildman–Crippen MR) is 130 cm³/mol. The summed E-state index contributed by atoms with van der Waals surface area (Å²) in [5.41, 5.74) is 4.55. The highest BCUT2D eigenvalue weighted by atomic mass is 16.2. The van der Waals surface area contributed by atoms with Gasteiger partial charge in [-0.25, -0.2) is 0 Å². The molecule has 1 aliphatic rings. The van der Waals surface area contributed by atoms with E-state index in [0.29, 0.717) is 6.42 Å². The molecule has 3 aromatic rings. The number of likely N-dealkylation sites (tertiary alicyclic amines) is 1. The Morgan fingerprint density at radius 2 is 1.50 bits per heavy atom.